The number of benzene rings is 3. The molecule has 0 aliphatic carbocycles. The number of aliphatic hydroxyl groups excluding tert-OH is 1. The van der Waals surface area contributed by atoms with Crippen molar-refractivity contribution in [1.82, 2.24) is 9.88 Å². The van der Waals surface area contributed by atoms with E-state index in [2.05, 4.69) is 10.4 Å². The van der Waals surface area contributed by atoms with E-state index >= 15 is 0 Å². The van der Waals surface area contributed by atoms with Crippen LogP contribution in [0.1, 0.15) is 18.1 Å². The lowest BCUT2D eigenvalue weighted by atomic mass is 10.1. The van der Waals surface area contributed by atoms with E-state index in [9.17, 15) is 14.3 Å². The monoisotopic (exact) mass is 482 g/mol. The van der Waals surface area contributed by atoms with Crippen LogP contribution in [0.4, 0.5) is 10.1 Å². The Hall–Kier alpha value is -4.07. The summed E-state index contributed by atoms with van der Waals surface area (Å²) in [4.78, 5) is 13.2. The summed E-state index contributed by atoms with van der Waals surface area (Å²) in [5.74, 6) is -0.432. The normalized spacial score (nSPS) is 15.6. The van der Waals surface area contributed by atoms with Gasteiger partial charge in [0.15, 0.2) is 0 Å². The molecule has 6 nitrogen and oxygen atoms in total. The Morgan fingerprint density at radius 2 is 1.75 bits per heavy atom. The van der Waals surface area contributed by atoms with Gasteiger partial charge in [-0.05, 0) is 48.9 Å². The number of hydrazone groups is 1. The van der Waals surface area contributed by atoms with Crippen LogP contribution in [-0.2, 0) is 17.9 Å². The summed E-state index contributed by atoms with van der Waals surface area (Å²) in [6.07, 6.45) is 3.21. The molecule has 1 aromatic heterocycles. The Bertz CT molecular complexity index is 1440. The lowest BCUT2D eigenvalue weighted by molar-refractivity contribution is -0.114. The van der Waals surface area contributed by atoms with Gasteiger partial charge in [0.2, 0.25) is 0 Å². The highest BCUT2D eigenvalue weighted by Crippen LogP contribution is 2.28. The highest BCUT2D eigenvalue weighted by Gasteiger charge is 2.29. The Kier molecular flexibility index (Phi) is 6.75. The van der Waals surface area contributed by atoms with Crippen LogP contribution in [0.25, 0.3) is 17.0 Å². The average molecular weight is 483 g/mol. The van der Waals surface area contributed by atoms with E-state index in [0.717, 1.165) is 27.7 Å². The van der Waals surface area contributed by atoms with Gasteiger partial charge in [-0.1, -0.05) is 48.5 Å². The average Bonchev–Trinajstić information content (AvgIpc) is 3.38. The number of para-hydroxylation sites is 2. The van der Waals surface area contributed by atoms with Crippen LogP contribution in [0.5, 0.6) is 0 Å². The number of hydrogen-bond donors (Lipinski definition) is 2. The minimum Gasteiger partial charge on any atom is -0.390 e. The van der Waals surface area contributed by atoms with Gasteiger partial charge in [-0.2, -0.15) is 10.1 Å². The zero-order valence-electron chi connectivity index (χ0n) is 19.9. The molecule has 3 aromatic carbocycles. The molecule has 0 radical (unpaired) electrons. The number of amides is 1. The van der Waals surface area contributed by atoms with E-state index in [0.29, 0.717) is 30.9 Å². The topological polar surface area (TPSA) is 69.9 Å². The first-order chi connectivity index (χ1) is 17.5. The largest absolute Gasteiger partial charge is 0.390 e. The second-order valence-corrected chi connectivity index (χ2v) is 8.86. The number of hydrogen-bond acceptors (Lipinski definition) is 4. The lowest BCUT2D eigenvalue weighted by Gasteiger charge is -2.14. The first-order valence-electron chi connectivity index (χ1n) is 11.9. The number of carbonyl (C=O) groups excluding carboxylic acids is 1. The number of carbonyl (C=O) groups is 1. The molecule has 4 aromatic rings. The van der Waals surface area contributed by atoms with Crippen molar-refractivity contribution in [1.29, 1.82) is 0 Å². The Morgan fingerprint density at radius 1 is 1.03 bits per heavy atom. The minimum atomic E-state index is -0.633. The van der Waals surface area contributed by atoms with Gasteiger partial charge >= 0.3 is 0 Å². The van der Waals surface area contributed by atoms with Gasteiger partial charge in [-0.15, -0.1) is 0 Å². The molecule has 5 rings (SSSR count). The molecule has 0 saturated heterocycles. The van der Waals surface area contributed by atoms with E-state index in [1.54, 1.807) is 12.1 Å². The van der Waals surface area contributed by atoms with Crippen LogP contribution >= 0.6 is 0 Å². The molecule has 1 amide bonds. The predicted molar refractivity (Wildman–Crippen MR) is 141 cm³/mol. The van der Waals surface area contributed by atoms with Crippen LogP contribution in [0.2, 0.25) is 0 Å². The molecule has 2 heterocycles. The van der Waals surface area contributed by atoms with Crippen molar-refractivity contribution >= 4 is 34.3 Å². The van der Waals surface area contributed by atoms with E-state index in [4.69, 9.17) is 0 Å². The molecule has 0 bridgehead atoms. The van der Waals surface area contributed by atoms with Crippen molar-refractivity contribution in [3.63, 3.8) is 0 Å². The van der Waals surface area contributed by atoms with Gasteiger partial charge in [0.05, 0.1) is 23.1 Å². The van der Waals surface area contributed by atoms with Crippen molar-refractivity contribution in [3.05, 3.63) is 108 Å². The zero-order valence-corrected chi connectivity index (χ0v) is 19.9. The third-order valence-corrected chi connectivity index (χ3v) is 6.21. The molecule has 0 unspecified atom stereocenters. The molecule has 0 fully saturated rings. The van der Waals surface area contributed by atoms with E-state index in [1.807, 2.05) is 78.4 Å². The van der Waals surface area contributed by atoms with Crippen molar-refractivity contribution < 1.29 is 14.3 Å². The first-order valence-corrected chi connectivity index (χ1v) is 11.9. The predicted octanol–water partition coefficient (Wildman–Crippen LogP) is 4.74. The zero-order chi connectivity index (χ0) is 25.1. The summed E-state index contributed by atoms with van der Waals surface area (Å²) in [6.45, 7) is 3.15. The number of nitrogens with zero attached hydrogens (tertiary/aromatic N) is 3. The molecule has 36 heavy (non-hydrogen) atoms. The summed E-state index contributed by atoms with van der Waals surface area (Å²) < 4.78 is 15.1. The number of nitrogens with one attached hydrogen (secondary N) is 1. The van der Waals surface area contributed by atoms with E-state index in [1.165, 1.54) is 17.1 Å². The molecule has 1 aliphatic rings. The fraction of sp³-hybridized carbons (Fsp3) is 0.172. The van der Waals surface area contributed by atoms with Crippen LogP contribution in [-0.4, -0.2) is 33.9 Å². The second kappa shape index (κ2) is 10.3. The molecule has 182 valence electrons. The summed E-state index contributed by atoms with van der Waals surface area (Å²) in [5.41, 5.74) is 4.75. The molecule has 1 atom stereocenters. The van der Waals surface area contributed by atoms with Crippen LogP contribution in [0.15, 0.2) is 95.7 Å². The third-order valence-electron chi connectivity index (χ3n) is 6.21. The quantitative estimate of drug-likeness (QED) is 0.357. The van der Waals surface area contributed by atoms with Crippen LogP contribution in [0.3, 0.4) is 0 Å². The Balaban J connectivity index is 1.33. The van der Waals surface area contributed by atoms with Gasteiger partial charge in [-0.25, -0.2) is 4.39 Å². The Morgan fingerprint density at radius 3 is 2.53 bits per heavy atom. The summed E-state index contributed by atoms with van der Waals surface area (Å²) in [6, 6.07) is 23.6. The molecular weight excluding hydrogens is 455 g/mol. The molecule has 7 heteroatoms. The van der Waals surface area contributed by atoms with Crippen molar-refractivity contribution in [3.8, 4) is 0 Å². The fourth-order valence-electron chi connectivity index (χ4n) is 4.40. The fourth-order valence-corrected chi connectivity index (χ4v) is 4.40. The SMILES string of the molecule is CC1=NN(c2ccccc2)C(=O)/C1=C/c1cn(C[C@H](O)CNCc2ccc(F)cc2)c2ccccc12. The number of halogens is 1. The van der Waals surface area contributed by atoms with Crippen molar-refractivity contribution in [2.45, 2.75) is 26.1 Å². The second-order valence-electron chi connectivity index (χ2n) is 8.86. The van der Waals surface area contributed by atoms with Crippen LogP contribution in [0, 0.1) is 5.82 Å². The minimum absolute atomic E-state index is 0.166. The van der Waals surface area contributed by atoms with Gasteiger partial charge in [0, 0.05) is 42.3 Å². The van der Waals surface area contributed by atoms with Gasteiger partial charge in [0.1, 0.15) is 5.82 Å². The van der Waals surface area contributed by atoms with Gasteiger partial charge < -0.3 is 15.0 Å². The Labute approximate surface area is 209 Å². The smallest absolute Gasteiger partial charge is 0.280 e. The number of aliphatic hydroxyl groups is 1. The maximum Gasteiger partial charge on any atom is 0.280 e. The molecule has 0 spiro atoms. The standard InChI is InChI=1S/C29H27FN4O2/c1-20-27(29(36)34(32-20)24-7-3-2-4-8-24)15-22-18-33(28-10-6-5-9-26(22)28)19-25(35)17-31-16-21-11-13-23(30)14-12-21/h2-15,18,25,31,35H,16-17,19H2,1H3/b27-15+/t25-/m1/s1. The van der Waals surface area contributed by atoms with Crippen LogP contribution < -0.4 is 10.3 Å². The molecule has 2 N–H and O–H groups in total. The summed E-state index contributed by atoms with van der Waals surface area (Å²) in [7, 11) is 0. The highest BCUT2D eigenvalue weighted by atomic mass is 19.1. The van der Waals surface area contributed by atoms with Crippen molar-refractivity contribution in [2.24, 2.45) is 5.10 Å². The molecular formula is C29H27FN4O2. The van der Waals surface area contributed by atoms with E-state index < -0.39 is 6.10 Å². The molecule has 1 aliphatic heterocycles. The van der Waals surface area contributed by atoms with Crippen molar-refractivity contribution in [2.75, 3.05) is 11.6 Å². The highest BCUT2D eigenvalue weighted by molar-refractivity contribution is 6.32. The maximum absolute atomic E-state index is 13.2. The summed E-state index contributed by atoms with van der Waals surface area (Å²) >= 11 is 0. The number of aromatic nitrogens is 1. The number of rotatable bonds is 8. The molecule has 0 saturated carbocycles. The van der Waals surface area contributed by atoms with Gasteiger partial charge in [-0.3, -0.25) is 4.79 Å². The lowest BCUT2D eigenvalue weighted by Crippen LogP contribution is -2.29. The third kappa shape index (κ3) is 4.98. The first kappa shape index (κ1) is 23.7. The number of fused-ring (bicyclic) bond motifs is 1. The summed E-state index contributed by atoms with van der Waals surface area (Å²) in [5, 5.41) is 20.8. The maximum atomic E-state index is 13.2. The van der Waals surface area contributed by atoms with E-state index in [-0.39, 0.29) is 11.7 Å². The number of anilines is 1. The van der Waals surface area contributed by atoms with Gasteiger partial charge in [0.25, 0.3) is 5.91 Å².